The van der Waals surface area contributed by atoms with E-state index in [9.17, 15) is 4.79 Å². The smallest absolute Gasteiger partial charge is 0.228 e. The average molecular weight is 325 g/mol. The fourth-order valence-electron chi connectivity index (χ4n) is 3.50. The molecule has 3 heterocycles. The molecule has 1 saturated heterocycles. The summed E-state index contributed by atoms with van der Waals surface area (Å²) >= 11 is 0. The molecular formula is C19H23N3O2. The van der Waals surface area contributed by atoms with Crippen LogP contribution in [0.25, 0.3) is 11.3 Å². The molecule has 5 heteroatoms. The van der Waals surface area contributed by atoms with Crippen LogP contribution < -0.4 is 0 Å². The van der Waals surface area contributed by atoms with Gasteiger partial charge < -0.3 is 9.64 Å². The number of hydrogen-bond donors (Lipinski definition) is 0. The van der Waals surface area contributed by atoms with Gasteiger partial charge in [-0.25, -0.2) is 0 Å². The molecule has 0 saturated carbocycles. The van der Waals surface area contributed by atoms with E-state index in [0.717, 1.165) is 42.9 Å². The molecule has 1 aromatic carbocycles. The van der Waals surface area contributed by atoms with Crippen LogP contribution in [-0.4, -0.2) is 40.3 Å². The minimum absolute atomic E-state index is 0.0380. The second-order valence-electron chi connectivity index (χ2n) is 6.78. The molecule has 0 aliphatic carbocycles. The molecule has 0 unspecified atom stereocenters. The number of aryl methyl sites for hydroxylation is 2. The van der Waals surface area contributed by atoms with Gasteiger partial charge in [-0.3, -0.25) is 9.48 Å². The zero-order valence-corrected chi connectivity index (χ0v) is 14.1. The number of amides is 1. The van der Waals surface area contributed by atoms with E-state index in [2.05, 4.69) is 41.9 Å². The van der Waals surface area contributed by atoms with Gasteiger partial charge in [0.1, 0.15) is 0 Å². The van der Waals surface area contributed by atoms with Crippen molar-refractivity contribution in [3.8, 4) is 11.3 Å². The first-order valence-electron chi connectivity index (χ1n) is 8.71. The van der Waals surface area contributed by atoms with Gasteiger partial charge >= 0.3 is 0 Å². The minimum Gasteiger partial charge on any atom is -0.381 e. The Bertz CT molecular complexity index is 730. The molecule has 24 heavy (non-hydrogen) atoms. The molecular weight excluding hydrogens is 302 g/mol. The van der Waals surface area contributed by atoms with Crippen molar-refractivity contribution in [1.29, 1.82) is 0 Å². The quantitative estimate of drug-likeness (QED) is 0.853. The van der Waals surface area contributed by atoms with Gasteiger partial charge in [-0.1, -0.05) is 29.8 Å². The lowest BCUT2D eigenvalue weighted by Crippen LogP contribution is -2.36. The van der Waals surface area contributed by atoms with Gasteiger partial charge in [0, 0.05) is 25.3 Å². The number of nitrogens with zero attached hydrogens (tertiary/aromatic N) is 3. The average Bonchev–Trinajstić information content (AvgIpc) is 3.21. The highest BCUT2D eigenvalue weighted by atomic mass is 16.5. The molecule has 2 aliphatic heterocycles. The van der Waals surface area contributed by atoms with E-state index in [1.807, 2.05) is 4.90 Å². The SMILES string of the molecule is Cc1ccc(-c2cc3n(n2)CCCN(C(=O)[C@@H]2CCOC2)C3)cc1. The Kier molecular flexibility index (Phi) is 4.10. The highest BCUT2D eigenvalue weighted by molar-refractivity contribution is 5.79. The second kappa shape index (κ2) is 6.40. The van der Waals surface area contributed by atoms with Crippen LogP contribution in [0.1, 0.15) is 24.1 Å². The fourth-order valence-corrected chi connectivity index (χ4v) is 3.50. The zero-order valence-electron chi connectivity index (χ0n) is 14.1. The Morgan fingerprint density at radius 2 is 2.08 bits per heavy atom. The first-order chi connectivity index (χ1) is 11.7. The lowest BCUT2D eigenvalue weighted by Gasteiger charge is -2.22. The molecule has 1 aromatic heterocycles. The number of hydrogen-bond acceptors (Lipinski definition) is 3. The zero-order chi connectivity index (χ0) is 16.5. The van der Waals surface area contributed by atoms with Crippen molar-refractivity contribution in [2.75, 3.05) is 19.8 Å². The molecule has 1 atom stereocenters. The molecule has 2 aromatic rings. The monoisotopic (exact) mass is 325 g/mol. The Balaban J connectivity index is 1.56. The molecule has 0 N–H and O–H groups in total. The van der Waals surface area contributed by atoms with Crippen molar-refractivity contribution in [2.45, 2.75) is 32.9 Å². The normalized spacial score (nSPS) is 20.7. The highest BCUT2D eigenvalue weighted by Gasteiger charge is 2.29. The summed E-state index contributed by atoms with van der Waals surface area (Å²) in [6, 6.07) is 10.6. The largest absolute Gasteiger partial charge is 0.381 e. The number of benzene rings is 1. The lowest BCUT2D eigenvalue weighted by molar-refractivity contribution is -0.136. The van der Waals surface area contributed by atoms with Gasteiger partial charge in [-0.15, -0.1) is 0 Å². The van der Waals surface area contributed by atoms with E-state index in [0.29, 0.717) is 19.8 Å². The molecule has 0 radical (unpaired) electrons. The van der Waals surface area contributed by atoms with Crippen molar-refractivity contribution in [2.24, 2.45) is 5.92 Å². The Morgan fingerprint density at radius 3 is 2.83 bits per heavy atom. The van der Waals surface area contributed by atoms with Crippen molar-refractivity contribution in [3.63, 3.8) is 0 Å². The summed E-state index contributed by atoms with van der Waals surface area (Å²) < 4.78 is 7.44. The maximum atomic E-state index is 12.7. The molecule has 5 nitrogen and oxygen atoms in total. The van der Waals surface area contributed by atoms with Gasteiger partial charge in [0.15, 0.2) is 0 Å². The number of fused-ring (bicyclic) bond motifs is 1. The molecule has 2 aliphatic rings. The maximum absolute atomic E-state index is 12.7. The molecule has 126 valence electrons. The summed E-state index contributed by atoms with van der Waals surface area (Å²) in [5, 5.41) is 4.76. The molecule has 0 bridgehead atoms. The van der Waals surface area contributed by atoms with E-state index in [4.69, 9.17) is 9.84 Å². The molecule has 0 spiro atoms. The van der Waals surface area contributed by atoms with Gasteiger partial charge in [0.25, 0.3) is 0 Å². The number of aromatic nitrogens is 2. The van der Waals surface area contributed by atoms with Crippen LogP contribution in [0.4, 0.5) is 0 Å². The van der Waals surface area contributed by atoms with Crippen LogP contribution in [0.2, 0.25) is 0 Å². The fraction of sp³-hybridized carbons (Fsp3) is 0.474. The summed E-state index contributed by atoms with van der Waals surface area (Å²) in [7, 11) is 0. The summed E-state index contributed by atoms with van der Waals surface area (Å²) in [5.41, 5.74) is 4.48. The molecule has 1 amide bonds. The first-order valence-corrected chi connectivity index (χ1v) is 8.71. The van der Waals surface area contributed by atoms with Gasteiger partial charge in [-0.2, -0.15) is 5.10 Å². The number of ether oxygens (including phenoxy) is 1. The highest BCUT2D eigenvalue weighted by Crippen LogP contribution is 2.24. The summed E-state index contributed by atoms with van der Waals surface area (Å²) in [6.07, 6.45) is 1.80. The van der Waals surface area contributed by atoms with E-state index in [1.165, 1.54) is 5.56 Å². The van der Waals surface area contributed by atoms with Gasteiger partial charge in [0.2, 0.25) is 5.91 Å². The topological polar surface area (TPSA) is 47.4 Å². The minimum atomic E-state index is 0.0380. The molecule has 4 rings (SSSR count). The van der Waals surface area contributed by atoms with Crippen LogP contribution >= 0.6 is 0 Å². The van der Waals surface area contributed by atoms with Crippen LogP contribution in [0, 0.1) is 12.8 Å². The lowest BCUT2D eigenvalue weighted by atomic mass is 10.1. The maximum Gasteiger partial charge on any atom is 0.228 e. The Morgan fingerprint density at radius 1 is 1.25 bits per heavy atom. The summed E-state index contributed by atoms with van der Waals surface area (Å²) in [6.45, 7) is 5.68. The second-order valence-corrected chi connectivity index (χ2v) is 6.78. The van der Waals surface area contributed by atoms with Crippen molar-refractivity contribution < 1.29 is 9.53 Å². The third-order valence-corrected chi connectivity index (χ3v) is 4.95. The van der Waals surface area contributed by atoms with E-state index >= 15 is 0 Å². The van der Waals surface area contributed by atoms with E-state index in [1.54, 1.807) is 0 Å². The van der Waals surface area contributed by atoms with Crippen LogP contribution in [0.3, 0.4) is 0 Å². The van der Waals surface area contributed by atoms with Gasteiger partial charge in [-0.05, 0) is 25.8 Å². The van der Waals surface area contributed by atoms with Crippen molar-refractivity contribution >= 4 is 5.91 Å². The Labute approximate surface area is 142 Å². The molecule has 1 fully saturated rings. The standard InChI is InChI=1S/C19H23N3O2/c1-14-3-5-15(6-4-14)18-11-17-12-21(8-2-9-22(17)20-18)19(23)16-7-10-24-13-16/h3-6,11,16H,2,7-10,12-13H2,1H3/t16-/m1/s1. The van der Waals surface area contributed by atoms with Gasteiger partial charge in [0.05, 0.1) is 30.5 Å². The van der Waals surface area contributed by atoms with Crippen LogP contribution in [0.15, 0.2) is 30.3 Å². The number of carbonyl (C=O) groups is 1. The summed E-state index contributed by atoms with van der Waals surface area (Å²) in [5.74, 6) is 0.273. The van der Waals surface area contributed by atoms with Crippen molar-refractivity contribution in [1.82, 2.24) is 14.7 Å². The van der Waals surface area contributed by atoms with Crippen molar-refractivity contribution in [3.05, 3.63) is 41.6 Å². The third kappa shape index (κ3) is 2.96. The van der Waals surface area contributed by atoms with Crippen LogP contribution in [0.5, 0.6) is 0 Å². The van der Waals surface area contributed by atoms with Crippen LogP contribution in [-0.2, 0) is 22.6 Å². The predicted molar refractivity (Wildman–Crippen MR) is 91.4 cm³/mol. The number of rotatable bonds is 2. The third-order valence-electron chi connectivity index (χ3n) is 4.95. The predicted octanol–water partition coefficient (Wildman–Crippen LogP) is 2.63. The van der Waals surface area contributed by atoms with E-state index < -0.39 is 0 Å². The van der Waals surface area contributed by atoms with E-state index in [-0.39, 0.29) is 11.8 Å². The summed E-state index contributed by atoms with van der Waals surface area (Å²) in [4.78, 5) is 14.7. The first kappa shape index (κ1) is 15.4. The Hall–Kier alpha value is -2.14. The number of carbonyl (C=O) groups excluding carboxylic acids is 1.